The monoisotopic (exact) mass is 659 g/mol. The van der Waals surface area contributed by atoms with Crippen LogP contribution < -0.4 is 0 Å². The van der Waals surface area contributed by atoms with E-state index in [1.165, 1.54) is 16.2 Å². The Hall–Kier alpha value is -6.59. The van der Waals surface area contributed by atoms with Gasteiger partial charge in [-0.05, 0) is 72.8 Å². The van der Waals surface area contributed by atoms with Gasteiger partial charge in [-0.3, -0.25) is 0 Å². The number of fused-ring (bicyclic) bond motifs is 9. The van der Waals surface area contributed by atoms with E-state index in [4.69, 9.17) is 15.0 Å². The SMILES string of the molecule is FC1(F)c2cc(-c3ccc4c5ccccc5c5ccccc5c4c3)ccc2-c2ccc(-c3nc(-c4ccccc4)nc(-c4ccccc4)n3)cc21. The van der Waals surface area contributed by atoms with Crippen molar-refractivity contribution in [3.05, 3.63) is 175 Å². The Morgan fingerprint density at radius 1 is 0.314 bits per heavy atom. The lowest BCUT2D eigenvalue weighted by Crippen LogP contribution is -2.11. The molecule has 0 N–H and O–H groups in total. The Morgan fingerprint density at radius 2 is 0.686 bits per heavy atom. The van der Waals surface area contributed by atoms with Crippen LogP contribution in [-0.4, -0.2) is 15.0 Å². The van der Waals surface area contributed by atoms with Crippen molar-refractivity contribution < 1.29 is 8.78 Å². The van der Waals surface area contributed by atoms with Gasteiger partial charge in [-0.25, -0.2) is 15.0 Å². The first kappa shape index (κ1) is 29.3. The highest BCUT2D eigenvalue weighted by molar-refractivity contribution is 6.25. The fourth-order valence-electron chi connectivity index (χ4n) is 7.57. The van der Waals surface area contributed by atoms with Gasteiger partial charge in [0.05, 0.1) is 0 Å². The zero-order valence-corrected chi connectivity index (χ0v) is 27.2. The summed E-state index contributed by atoms with van der Waals surface area (Å²) in [4.78, 5) is 14.3. The van der Waals surface area contributed by atoms with Crippen molar-refractivity contribution in [2.24, 2.45) is 0 Å². The average Bonchev–Trinajstić information content (AvgIpc) is 3.43. The second-order valence-corrected chi connectivity index (χ2v) is 13.0. The maximum absolute atomic E-state index is 16.6. The maximum Gasteiger partial charge on any atom is 0.299 e. The molecule has 9 aromatic rings. The standard InChI is InChI=1S/C46H27F2N3/c47-46(48)41-26-31(30-19-22-37-35-17-8-7-15-33(35)34-16-9-10-18-36(34)40(37)25-30)20-23-38(41)39-24-21-32(27-42(39)46)45-50-43(28-11-3-1-4-12-28)49-44(51-45)29-13-5-2-6-14-29/h1-27H. The Kier molecular flexibility index (Phi) is 6.46. The molecule has 0 unspecified atom stereocenters. The molecule has 5 heteroatoms. The second-order valence-electron chi connectivity index (χ2n) is 13.0. The van der Waals surface area contributed by atoms with Gasteiger partial charge < -0.3 is 0 Å². The molecule has 51 heavy (non-hydrogen) atoms. The van der Waals surface area contributed by atoms with E-state index in [9.17, 15) is 0 Å². The Labute approximate surface area is 292 Å². The lowest BCUT2D eigenvalue weighted by molar-refractivity contribution is 0.0481. The number of rotatable bonds is 4. The molecular weight excluding hydrogens is 633 g/mol. The molecule has 0 aliphatic heterocycles. The molecule has 0 saturated heterocycles. The molecule has 0 radical (unpaired) electrons. The van der Waals surface area contributed by atoms with Crippen molar-refractivity contribution in [3.63, 3.8) is 0 Å². The number of alkyl halides is 2. The van der Waals surface area contributed by atoms with Crippen LogP contribution in [0.15, 0.2) is 164 Å². The molecule has 1 aliphatic carbocycles. The molecule has 0 atom stereocenters. The van der Waals surface area contributed by atoms with Gasteiger partial charge in [-0.2, -0.15) is 8.78 Å². The van der Waals surface area contributed by atoms with E-state index in [1.807, 2.05) is 91.0 Å². The van der Waals surface area contributed by atoms with Crippen LogP contribution in [-0.2, 0) is 5.92 Å². The van der Waals surface area contributed by atoms with Gasteiger partial charge in [0.1, 0.15) is 0 Å². The maximum atomic E-state index is 16.6. The first-order chi connectivity index (χ1) is 25.0. The van der Waals surface area contributed by atoms with E-state index in [1.54, 1.807) is 18.2 Å². The van der Waals surface area contributed by atoms with Crippen LogP contribution in [0.2, 0.25) is 0 Å². The van der Waals surface area contributed by atoms with Crippen molar-refractivity contribution in [1.29, 1.82) is 0 Å². The number of aromatic nitrogens is 3. The van der Waals surface area contributed by atoms with Gasteiger partial charge in [-0.1, -0.05) is 146 Å². The van der Waals surface area contributed by atoms with E-state index < -0.39 is 5.92 Å². The van der Waals surface area contributed by atoms with Crippen molar-refractivity contribution in [2.75, 3.05) is 0 Å². The van der Waals surface area contributed by atoms with Crippen molar-refractivity contribution in [2.45, 2.75) is 5.92 Å². The van der Waals surface area contributed by atoms with Gasteiger partial charge in [0.15, 0.2) is 17.5 Å². The molecule has 0 amide bonds. The van der Waals surface area contributed by atoms with Gasteiger partial charge in [0.25, 0.3) is 5.92 Å². The van der Waals surface area contributed by atoms with E-state index in [0.717, 1.165) is 38.4 Å². The van der Waals surface area contributed by atoms with Crippen LogP contribution in [0.25, 0.3) is 88.7 Å². The first-order valence-electron chi connectivity index (χ1n) is 16.9. The van der Waals surface area contributed by atoms with Crippen LogP contribution in [0.3, 0.4) is 0 Å². The van der Waals surface area contributed by atoms with Crippen molar-refractivity contribution in [3.8, 4) is 56.4 Å². The highest BCUT2D eigenvalue weighted by Crippen LogP contribution is 2.53. The number of halogens is 2. The summed E-state index contributed by atoms with van der Waals surface area (Å²) < 4.78 is 33.2. The Balaban J connectivity index is 1.08. The summed E-state index contributed by atoms with van der Waals surface area (Å²) in [7, 11) is 0. The molecule has 0 bridgehead atoms. The summed E-state index contributed by atoms with van der Waals surface area (Å²) in [6, 6.07) is 52.9. The largest absolute Gasteiger partial charge is 0.299 e. The quantitative estimate of drug-likeness (QED) is 0.177. The van der Waals surface area contributed by atoms with Gasteiger partial charge in [-0.15, -0.1) is 0 Å². The molecule has 1 aliphatic rings. The molecule has 0 saturated carbocycles. The predicted octanol–water partition coefficient (Wildman–Crippen LogP) is 12.1. The number of hydrogen-bond donors (Lipinski definition) is 0. The predicted molar refractivity (Wildman–Crippen MR) is 203 cm³/mol. The number of nitrogens with zero attached hydrogens (tertiary/aromatic N) is 3. The summed E-state index contributed by atoms with van der Waals surface area (Å²) >= 11 is 0. The van der Waals surface area contributed by atoms with Gasteiger partial charge >= 0.3 is 0 Å². The minimum atomic E-state index is -3.21. The fourth-order valence-corrected chi connectivity index (χ4v) is 7.57. The van der Waals surface area contributed by atoms with E-state index in [0.29, 0.717) is 34.2 Å². The molecule has 8 aromatic carbocycles. The van der Waals surface area contributed by atoms with E-state index in [-0.39, 0.29) is 11.1 Å². The summed E-state index contributed by atoms with van der Waals surface area (Å²) in [5.41, 5.74) is 4.79. The van der Waals surface area contributed by atoms with Crippen LogP contribution in [0.5, 0.6) is 0 Å². The summed E-state index contributed by atoms with van der Waals surface area (Å²) in [6.45, 7) is 0. The Bertz CT molecular complexity index is 2740. The number of hydrogen-bond acceptors (Lipinski definition) is 3. The van der Waals surface area contributed by atoms with Gasteiger partial charge in [0, 0.05) is 27.8 Å². The minimum Gasteiger partial charge on any atom is -0.208 e. The molecular formula is C46H27F2N3. The van der Waals surface area contributed by atoms with E-state index in [2.05, 4.69) is 54.6 Å². The van der Waals surface area contributed by atoms with Crippen molar-refractivity contribution >= 4 is 32.3 Å². The third-order valence-corrected chi connectivity index (χ3v) is 10.0. The van der Waals surface area contributed by atoms with Crippen LogP contribution in [0.1, 0.15) is 11.1 Å². The highest BCUT2D eigenvalue weighted by Gasteiger charge is 2.44. The minimum absolute atomic E-state index is 0.00112. The number of benzene rings is 8. The summed E-state index contributed by atoms with van der Waals surface area (Å²) in [5, 5.41) is 6.94. The smallest absolute Gasteiger partial charge is 0.208 e. The lowest BCUT2D eigenvalue weighted by Gasteiger charge is -2.15. The normalized spacial score (nSPS) is 13.1. The zero-order chi connectivity index (χ0) is 34.1. The summed E-state index contributed by atoms with van der Waals surface area (Å²) in [6.07, 6.45) is 0. The molecule has 1 heterocycles. The second kappa shape index (κ2) is 11.2. The molecule has 1 aromatic heterocycles. The first-order valence-corrected chi connectivity index (χ1v) is 16.9. The third kappa shape index (κ3) is 4.66. The highest BCUT2D eigenvalue weighted by atomic mass is 19.3. The van der Waals surface area contributed by atoms with Crippen LogP contribution in [0.4, 0.5) is 8.78 Å². The van der Waals surface area contributed by atoms with Gasteiger partial charge in [0.2, 0.25) is 0 Å². The molecule has 240 valence electrons. The molecule has 3 nitrogen and oxygen atoms in total. The topological polar surface area (TPSA) is 38.7 Å². The average molecular weight is 660 g/mol. The van der Waals surface area contributed by atoms with E-state index >= 15 is 8.78 Å². The zero-order valence-electron chi connectivity index (χ0n) is 27.2. The third-order valence-electron chi connectivity index (χ3n) is 10.0. The fraction of sp³-hybridized carbons (Fsp3) is 0.0217. The Morgan fingerprint density at radius 3 is 1.22 bits per heavy atom. The molecule has 0 spiro atoms. The molecule has 0 fully saturated rings. The summed E-state index contributed by atoms with van der Waals surface area (Å²) in [5.74, 6) is -1.91. The van der Waals surface area contributed by atoms with Crippen LogP contribution >= 0.6 is 0 Å². The molecule has 10 rings (SSSR count). The van der Waals surface area contributed by atoms with Crippen LogP contribution in [0, 0.1) is 0 Å². The van der Waals surface area contributed by atoms with Crippen molar-refractivity contribution in [1.82, 2.24) is 15.0 Å². The lowest BCUT2D eigenvalue weighted by atomic mass is 9.91.